The van der Waals surface area contributed by atoms with E-state index in [-0.39, 0.29) is 0 Å². The van der Waals surface area contributed by atoms with Gasteiger partial charge in [-0.3, -0.25) is 0 Å². The van der Waals surface area contributed by atoms with E-state index in [1.54, 1.807) is 0 Å². The maximum absolute atomic E-state index is 2.17. The lowest BCUT2D eigenvalue weighted by Crippen LogP contribution is -1.66. The Morgan fingerprint density at radius 3 is 0.750 bits per heavy atom. The Bertz CT molecular complexity index is 101. The Balaban J connectivity index is 0. The molecule has 0 saturated heterocycles. The molecule has 0 aliphatic carbocycles. The third kappa shape index (κ3) is 22.9. The van der Waals surface area contributed by atoms with Crippen molar-refractivity contribution >= 4 is 0 Å². The molecule has 0 spiro atoms. The summed E-state index contributed by atoms with van der Waals surface area (Å²) in [5.41, 5.74) is 0. The van der Waals surface area contributed by atoms with Gasteiger partial charge in [0.2, 0.25) is 0 Å². The summed E-state index contributed by atoms with van der Waals surface area (Å²) in [6, 6.07) is 12.0. The van der Waals surface area contributed by atoms with Crippen molar-refractivity contribution in [3.8, 4) is 0 Å². The van der Waals surface area contributed by atoms with Gasteiger partial charge in [0, 0.05) is 0 Å². The molecule has 0 saturated carbocycles. The molecule has 12 heavy (non-hydrogen) atoms. The standard InChI is InChI=1S/C6H6.C4H10.C2H6/c1-2-4-6-5-3-1;1-4(2)3;1-2/h1-6H;4H,1-3H3;1-2H3. The topological polar surface area (TPSA) is 0 Å². The minimum atomic E-state index is 0.833. The Labute approximate surface area is 77.6 Å². The maximum Gasteiger partial charge on any atom is -0.0500 e. The van der Waals surface area contributed by atoms with Crippen LogP contribution in [0, 0.1) is 5.92 Å². The molecule has 0 unspecified atom stereocenters. The SMILES string of the molecule is CC.CC(C)C.c1ccccc1. The quantitative estimate of drug-likeness (QED) is 0.536. The fourth-order valence-electron chi connectivity index (χ4n) is 0.385. The van der Waals surface area contributed by atoms with Gasteiger partial charge in [-0.1, -0.05) is 71.0 Å². The third-order valence-corrected chi connectivity index (χ3v) is 0.667. The normalized spacial score (nSPS) is 7.50. The summed E-state index contributed by atoms with van der Waals surface area (Å²) < 4.78 is 0. The van der Waals surface area contributed by atoms with E-state index in [4.69, 9.17) is 0 Å². The van der Waals surface area contributed by atoms with Gasteiger partial charge in [-0.2, -0.15) is 0 Å². The molecule has 0 fully saturated rings. The fourth-order valence-corrected chi connectivity index (χ4v) is 0.385. The molecule has 70 valence electrons. The summed E-state index contributed by atoms with van der Waals surface area (Å²) in [4.78, 5) is 0. The van der Waals surface area contributed by atoms with Crippen LogP contribution >= 0.6 is 0 Å². The van der Waals surface area contributed by atoms with Crippen LogP contribution in [0.4, 0.5) is 0 Å². The van der Waals surface area contributed by atoms with E-state index in [1.165, 1.54) is 0 Å². The predicted octanol–water partition coefficient (Wildman–Crippen LogP) is 4.38. The number of hydrogen-bond donors (Lipinski definition) is 0. The molecule has 0 aliphatic heterocycles. The number of benzene rings is 1. The zero-order chi connectivity index (χ0) is 9.82. The van der Waals surface area contributed by atoms with Crippen molar-refractivity contribution < 1.29 is 0 Å². The average molecular weight is 166 g/mol. The molecule has 0 amide bonds. The first kappa shape index (κ1) is 13.8. The van der Waals surface area contributed by atoms with Gasteiger partial charge in [-0.05, 0) is 5.92 Å². The summed E-state index contributed by atoms with van der Waals surface area (Å²) >= 11 is 0. The molecule has 1 rings (SSSR count). The van der Waals surface area contributed by atoms with Crippen molar-refractivity contribution in [1.29, 1.82) is 0 Å². The average Bonchev–Trinajstić information content (AvgIpc) is 2.10. The van der Waals surface area contributed by atoms with E-state index in [0.29, 0.717) is 0 Å². The van der Waals surface area contributed by atoms with Crippen molar-refractivity contribution in [1.82, 2.24) is 0 Å². The fraction of sp³-hybridized carbons (Fsp3) is 0.500. The van der Waals surface area contributed by atoms with Crippen LogP contribution in [-0.4, -0.2) is 0 Å². The van der Waals surface area contributed by atoms with Crippen LogP contribution in [0.2, 0.25) is 0 Å². The van der Waals surface area contributed by atoms with Gasteiger partial charge in [0.15, 0.2) is 0 Å². The van der Waals surface area contributed by atoms with Crippen LogP contribution < -0.4 is 0 Å². The third-order valence-electron chi connectivity index (χ3n) is 0.667. The zero-order valence-electron chi connectivity index (χ0n) is 9.04. The van der Waals surface area contributed by atoms with Crippen LogP contribution in [0.5, 0.6) is 0 Å². The van der Waals surface area contributed by atoms with E-state index in [1.807, 2.05) is 50.2 Å². The highest BCUT2D eigenvalue weighted by molar-refractivity contribution is 4.99. The van der Waals surface area contributed by atoms with Gasteiger partial charge in [-0.25, -0.2) is 0 Å². The van der Waals surface area contributed by atoms with E-state index in [2.05, 4.69) is 20.8 Å². The lowest BCUT2D eigenvalue weighted by molar-refractivity contribution is 0.737. The molecule has 0 radical (unpaired) electrons. The van der Waals surface area contributed by atoms with Crippen LogP contribution in [-0.2, 0) is 0 Å². The van der Waals surface area contributed by atoms with Gasteiger partial charge in [0.25, 0.3) is 0 Å². The first-order valence-electron chi connectivity index (χ1n) is 4.73. The zero-order valence-corrected chi connectivity index (χ0v) is 9.04. The molecular formula is C12H22. The van der Waals surface area contributed by atoms with Gasteiger partial charge in [0.05, 0.1) is 0 Å². The summed E-state index contributed by atoms with van der Waals surface area (Å²) in [5.74, 6) is 0.833. The number of rotatable bonds is 0. The first-order chi connectivity index (χ1) is 5.73. The first-order valence-corrected chi connectivity index (χ1v) is 4.73. The van der Waals surface area contributed by atoms with Crippen LogP contribution in [0.1, 0.15) is 34.6 Å². The van der Waals surface area contributed by atoms with Crippen LogP contribution in [0.25, 0.3) is 0 Å². The summed E-state index contributed by atoms with van der Waals surface area (Å²) in [5, 5.41) is 0. The van der Waals surface area contributed by atoms with Gasteiger partial charge in [-0.15, -0.1) is 0 Å². The largest absolute Gasteiger partial charge is 0.0683 e. The van der Waals surface area contributed by atoms with Crippen molar-refractivity contribution in [2.45, 2.75) is 34.6 Å². The van der Waals surface area contributed by atoms with Gasteiger partial charge < -0.3 is 0 Å². The van der Waals surface area contributed by atoms with E-state index >= 15 is 0 Å². The predicted molar refractivity (Wildman–Crippen MR) is 58.3 cm³/mol. The van der Waals surface area contributed by atoms with Crippen molar-refractivity contribution in [3.05, 3.63) is 36.4 Å². The lowest BCUT2D eigenvalue weighted by Gasteiger charge is -1.79. The second kappa shape index (κ2) is 12.9. The molecule has 0 heteroatoms. The van der Waals surface area contributed by atoms with Crippen molar-refractivity contribution in [2.75, 3.05) is 0 Å². The smallest absolute Gasteiger partial charge is 0.0500 e. The number of hydrogen-bond acceptors (Lipinski definition) is 0. The summed E-state index contributed by atoms with van der Waals surface area (Å²) in [6.45, 7) is 10.5. The van der Waals surface area contributed by atoms with Crippen molar-refractivity contribution in [2.24, 2.45) is 5.92 Å². The van der Waals surface area contributed by atoms with E-state index in [9.17, 15) is 0 Å². The Kier molecular flexibility index (Phi) is 14.8. The van der Waals surface area contributed by atoms with Gasteiger partial charge >= 0.3 is 0 Å². The minimum absolute atomic E-state index is 0.833. The minimum Gasteiger partial charge on any atom is -0.0683 e. The highest BCUT2D eigenvalue weighted by Gasteiger charge is 1.68. The molecule has 1 aromatic carbocycles. The molecule has 0 aliphatic rings. The van der Waals surface area contributed by atoms with Crippen LogP contribution in [0.15, 0.2) is 36.4 Å². The Hall–Kier alpha value is -0.780. The molecule has 0 N–H and O–H groups in total. The maximum atomic E-state index is 2.17. The Morgan fingerprint density at radius 1 is 0.583 bits per heavy atom. The lowest BCUT2D eigenvalue weighted by atomic mass is 10.3. The monoisotopic (exact) mass is 166 g/mol. The molecule has 0 heterocycles. The molecule has 0 bridgehead atoms. The second-order valence-corrected chi connectivity index (χ2v) is 2.89. The highest BCUT2D eigenvalue weighted by Crippen LogP contribution is 1.81. The van der Waals surface area contributed by atoms with E-state index in [0.717, 1.165) is 5.92 Å². The van der Waals surface area contributed by atoms with E-state index < -0.39 is 0 Å². The summed E-state index contributed by atoms with van der Waals surface area (Å²) in [7, 11) is 0. The Morgan fingerprint density at radius 2 is 0.667 bits per heavy atom. The highest BCUT2D eigenvalue weighted by atomic mass is 13.7. The van der Waals surface area contributed by atoms with Crippen LogP contribution in [0.3, 0.4) is 0 Å². The second-order valence-electron chi connectivity index (χ2n) is 2.89. The molecule has 1 aromatic rings. The molecular weight excluding hydrogens is 144 g/mol. The molecule has 0 atom stereocenters. The summed E-state index contributed by atoms with van der Waals surface area (Å²) in [6.07, 6.45) is 0. The van der Waals surface area contributed by atoms with Crippen molar-refractivity contribution in [3.63, 3.8) is 0 Å². The molecule has 0 aromatic heterocycles. The van der Waals surface area contributed by atoms with Gasteiger partial charge in [0.1, 0.15) is 0 Å². The molecule has 0 nitrogen and oxygen atoms in total.